The molecular formula is C10H16IN3O2. The molecule has 1 aromatic heterocycles. The standard InChI is InChI=1S/C10H16IN3O2/c1-3-10(4-2,7-11)8-13-6-5-12-9(13)14(15)16/h5-6H,3-4,7-8H2,1-2H3. The summed E-state index contributed by atoms with van der Waals surface area (Å²) in [5, 5.41) is 10.8. The molecule has 0 N–H and O–H groups in total. The van der Waals surface area contributed by atoms with E-state index in [1.54, 1.807) is 10.8 Å². The molecule has 0 aliphatic heterocycles. The minimum Gasteiger partial charge on any atom is -0.390 e. The van der Waals surface area contributed by atoms with Gasteiger partial charge in [-0.05, 0) is 17.8 Å². The van der Waals surface area contributed by atoms with E-state index in [1.807, 2.05) is 0 Å². The fraction of sp³-hybridized carbons (Fsp3) is 0.700. The molecule has 0 amide bonds. The highest BCUT2D eigenvalue weighted by Crippen LogP contribution is 2.32. The summed E-state index contributed by atoms with van der Waals surface area (Å²) in [6.07, 6.45) is 5.20. The Balaban J connectivity index is 2.93. The zero-order chi connectivity index (χ0) is 12.2. The van der Waals surface area contributed by atoms with Crippen LogP contribution >= 0.6 is 22.6 Å². The lowest BCUT2D eigenvalue weighted by Crippen LogP contribution is -2.27. The van der Waals surface area contributed by atoms with Crippen LogP contribution in [0.3, 0.4) is 0 Å². The molecule has 16 heavy (non-hydrogen) atoms. The van der Waals surface area contributed by atoms with E-state index in [0.29, 0.717) is 6.54 Å². The molecule has 0 bridgehead atoms. The lowest BCUT2D eigenvalue weighted by atomic mass is 9.84. The van der Waals surface area contributed by atoms with Crippen LogP contribution in [0.25, 0.3) is 0 Å². The van der Waals surface area contributed by atoms with E-state index < -0.39 is 4.92 Å². The maximum absolute atomic E-state index is 10.8. The first-order chi connectivity index (χ1) is 7.58. The monoisotopic (exact) mass is 337 g/mol. The van der Waals surface area contributed by atoms with E-state index in [0.717, 1.165) is 17.3 Å². The van der Waals surface area contributed by atoms with Crippen LogP contribution in [0.1, 0.15) is 26.7 Å². The van der Waals surface area contributed by atoms with Crippen molar-refractivity contribution in [1.82, 2.24) is 9.55 Å². The Hall–Kier alpha value is -0.660. The number of aromatic nitrogens is 2. The molecule has 0 radical (unpaired) electrons. The van der Waals surface area contributed by atoms with Crippen molar-refractivity contribution in [2.75, 3.05) is 4.43 Å². The number of nitro groups is 1. The van der Waals surface area contributed by atoms with E-state index in [1.165, 1.54) is 6.20 Å². The molecule has 0 saturated carbocycles. The normalized spacial score (nSPS) is 11.7. The molecule has 5 nitrogen and oxygen atoms in total. The Labute approximate surface area is 109 Å². The lowest BCUT2D eigenvalue weighted by Gasteiger charge is -2.28. The third kappa shape index (κ3) is 2.72. The van der Waals surface area contributed by atoms with Gasteiger partial charge in [0, 0.05) is 9.84 Å². The van der Waals surface area contributed by atoms with Gasteiger partial charge in [0.05, 0.1) is 6.54 Å². The molecule has 0 aliphatic rings. The molecule has 0 aromatic carbocycles. The van der Waals surface area contributed by atoms with Crippen LogP contribution in [0.4, 0.5) is 5.95 Å². The van der Waals surface area contributed by atoms with Crippen LogP contribution < -0.4 is 0 Å². The van der Waals surface area contributed by atoms with Gasteiger partial charge in [0.15, 0.2) is 0 Å². The first-order valence-corrected chi connectivity index (χ1v) is 6.82. The van der Waals surface area contributed by atoms with Crippen molar-refractivity contribution >= 4 is 28.5 Å². The molecule has 0 aliphatic carbocycles. The van der Waals surface area contributed by atoms with Crippen LogP contribution in [0.5, 0.6) is 0 Å². The van der Waals surface area contributed by atoms with Gasteiger partial charge >= 0.3 is 5.95 Å². The van der Waals surface area contributed by atoms with Gasteiger partial charge in [-0.3, -0.25) is 0 Å². The Morgan fingerprint density at radius 1 is 1.56 bits per heavy atom. The number of hydrogen-bond donors (Lipinski definition) is 0. The zero-order valence-electron chi connectivity index (χ0n) is 9.52. The third-order valence-electron chi connectivity index (χ3n) is 3.15. The van der Waals surface area contributed by atoms with Crippen molar-refractivity contribution in [2.24, 2.45) is 5.41 Å². The fourth-order valence-corrected chi connectivity index (χ4v) is 2.98. The zero-order valence-corrected chi connectivity index (χ0v) is 11.7. The maximum Gasteiger partial charge on any atom is 0.434 e. The predicted octanol–water partition coefficient (Wildman–Crippen LogP) is 3.03. The Bertz CT molecular complexity index is 352. The number of nitrogens with zero attached hydrogens (tertiary/aromatic N) is 3. The predicted molar refractivity (Wildman–Crippen MR) is 70.8 cm³/mol. The van der Waals surface area contributed by atoms with Crippen LogP contribution in [-0.2, 0) is 6.54 Å². The molecule has 0 atom stereocenters. The number of hydrogen-bond acceptors (Lipinski definition) is 3. The molecule has 0 spiro atoms. The van der Waals surface area contributed by atoms with E-state index >= 15 is 0 Å². The number of halogens is 1. The highest BCUT2D eigenvalue weighted by molar-refractivity contribution is 14.1. The third-order valence-corrected chi connectivity index (χ3v) is 4.76. The second-order valence-corrected chi connectivity index (χ2v) is 4.72. The molecule has 0 saturated heterocycles. The molecule has 6 heteroatoms. The average Bonchev–Trinajstić information content (AvgIpc) is 2.74. The minimum absolute atomic E-state index is 0.0591. The van der Waals surface area contributed by atoms with Gasteiger partial charge in [-0.15, -0.1) is 0 Å². The largest absolute Gasteiger partial charge is 0.434 e. The second kappa shape index (κ2) is 5.60. The number of rotatable bonds is 6. The van der Waals surface area contributed by atoms with E-state index in [-0.39, 0.29) is 11.4 Å². The van der Waals surface area contributed by atoms with Gasteiger partial charge in [-0.1, -0.05) is 41.4 Å². The lowest BCUT2D eigenvalue weighted by molar-refractivity contribution is -0.397. The smallest absolute Gasteiger partial charge is 0.390 e. The van der Waals surface area contributed by atoms with Crippen molar-refractivity contribution < 1.29 is 4.92 Å². The molecular weight excluding hydrogens is 321 g/mol. The van der Waals surface area contributed by atoms with Crippen LogP contribution in [0, 0.1) is 15.5 Å². The Kier molecular flexibility index (Phi) is 4.69. The molecule has 1 aromatic rings. The van der Waals surface area contributed by atoms with Crippen molar-refractivity contribution in [1.29, 1.82) is 0 Å². The molecule has 1 rings (SSSR count). The number of imidazole rings is 1. The fourth-order valence-electron chi connectivity index (χ4n) is 1.66. The van der Waals surface area contributed by atoms with Gasteiger partial charge < -0.3 is 10.1 Å². The van der Waals surface area contributed by atoms with E-state index in [9.17, 15) is 10.1 Å². The first-order valence-electron chi connectivity index (χ1n) is 5.30. The van der Waals surface area contributed by atoms with Crippen molar-refractivity contribution in [2.45, 2.75) is 33.2 Å². The Morgan fingerprint density at radius 3 is 2.62 bits per heavy atom. The average molecular weight is 337 g/mol. The second-order valence-electron chi connectivity index (χ2n) is 3.95. The SMILES string of the molecule is CCC(CC)(CI)Cn1ccnc1[N+](=O)[O-]. The summed E-state index contributed by atoms with van der Waals surface area (Å²) < 4.78 is 2.64. The van der Waals surface area contributed by atoms with E-state index in [2.05, 4.69) is 41.4 Å². The Morgan fingerprint density at radius 2 is 2.19 bits per heavy atom. The van der Waals surface area contributed by atoms with Crippen LogP contribution in [0.15, 0.2) is 12.4 Å². The topological polar surface area (TPSA) is 61.0 Å². The van der Waals surface area contributed by atoms with Crippen molar-refractivity contribution in [3.05, 3.63) is 22.5 Å². The van der Waals surface area contributed by atoms with Gasteiger partial charge in [0.25, 0.3) is 0 Å². The maximum atomic E-state index is 10.8. The highest BCUT2D eigenvalue weighted by Gasteiger charge is 2.29. The van der Waals surface area contributed by atoms with Gasteiger partial charge in [-0.25, -0.2) is 4.57 Å². The number of alkyl halides is 1. The van der Waals surface area contributed by atoms with Crippen LogP contribution in [-0.4, -0.2) is 18.9 Å². The van der Waals surface area contributed by atoms with Gasteiger partial charge in [0.1, 0.15) is 12.4 Å². The summed E-state index contributed by atoms with van der Waals surface area (Å²) >= 11 is 2.35. The molecule has 1 heterocycles. The summed E-state index contributed by atoms with van der Waals surface area (Å²) in [4.78, 5) is 14.1. The summed E-state index contributed by atoms with van der Waals surface area (Å²) in [5.74, 6) is -0.0591. The van der Waals surface area contributed by atoms with Crippen molar-refractivity contribution in [3.63, 3.8) is 0 Å². The summed E-state index contributed by atoms with van der Waals surface area (Å²) in [5.41, 5.74) is 0.131. The highest BCUT2D eigenvalue weighted by atomic mass is 127. The quantitative estimate of drug-likeness (QED) is 0.347. The minimum atomic E-state index is -0.427. The van der Waals surface area contributed by atoms with Crippen molar-refractivity contribution in [3.8, 4) is 0 Å². The van der Waals surface area contributed by atoms with Gasteiger partial charge in [-0.2, -0.15) is 0 Å². The summed E-state index contributed by atoms with van der Waals surface area (Å²) in [6.45, 7) is 4.93. The van der Waals surface area contributed by atoms with Crippen LogP contribution in [0.2, 0.25) is 0 Å². The summed E-state index contributed by atoms with van der Waals surface area (Å²) in [7, 11) is 0. The summed E-state index contributed by atoms with van der Waals surface area (Å²) in [6, 6.07) is 0. The van der Waals surface area contributed by atoms with Gasteiger partial charge in [0.2, 0.25) is 0 Å². The first kappa shape index (κ1) is 13.4. The molecule has 0 fully saturated rings. The molecule has 0 unspecified atom stereocenters. The molecule has 90 valence electrons. The van der Waals surface area contributed by atoms with E-state index in [4.69, 9.17) is 0 Å².